The summed E-state index contributed by atoms with van der Waals surface area (Å²) in [5, 5.41) is 30.7. The Hall–Kier alpha value is -4.82. The fourth-order valence-corrected chi connectivity index (χ4v) is 6.66. The molecule has 0 bridgehead atoms. The number of hydrogen-bond donors (Lipinski definition) is 3. The first-order valence-corrected chi connectivity index (χ1v) is 16.2. The molecule has 2 aliphatic carbocycles. The maximum Gasteiger partial charge on any atom is 0.323 e. The third-order valence-corrected chi connectivity index (χ3v) is 9.20. The molecule has 6 rings (SSSR count). The van der Waals surface area contributed by atoms with Crippen molar-refractivity contribution in [2.45, 2.75) is 88.4 Å². The van der Waals surface area contributed by atoms with Crippen LogP contribution in [0.25, 0.3) is 11.1 Å². The normalized spacial score (nSPS) is 21.5. The zero-order valence-electron chi connectivity index (χ0n) is 26.2. The molecule has 238 valence electrons. The summed E-state index contributed by atoms with van der Waals surface area (Å²) >= 11 is 0. The van der Waals surface area contributed by atoms with Gasteiger partial charge in [-0.05, 0) is 69.1 Å². The molecule has 1 aromatic carbocycles. The van der Waals surface area contributed by atoms with Gasteiger partial charge in [-0.25, -0.2) is 19.7 Å². The first kappa shape index (κ1) is 31.2. The average molecular weight is 620 g/mol. The zero-order chi connectivity index (χ0) is 31.9. The minimum absolute atomic E-state index is 0.0274. The summed E-state index contributed by atoms with van der Waals surface area (Å²) in [6, 6.07) is 16.0. The Morgan fingerprint density at radius 1 is 0.978 bits per heavy atom. The van der Waals surface area contributed by atoms with E-state index >= 15 is 0 Å². The summed E-state index contributed by atoms with van der Waals surface area (Å²) in [7, 11) is 1.88. The molecule has 11 nitrogen and oxygen atoms in total. The van der Waals surface area contributed by atoms with Crippen molar-refractivity contribution < 1.29 is 9.90 Å². The molecule has 0 radical (unpaired) electrons. The summed E-state index contributed by atoms with van der Waals surface area (Å²) < 4.78 is 1.76. The number of nitriles is 1. The molecule has 2 aliphatic rings. The summed E-state index contributed by atoms with van der Waals surface area (Å²) in [5.41, 5.74) is 4.24. The van der Waals surface area contributed by atoms with Gasteiger partial charge < -0.3 is 15.7 Å². The first-order chi connectivity index (χ1) is 22.5. The highest BCUT2D eigenvalue weighted by molar-refractivity contribution is 5.91. The van der Waals surface area contributed by atoms with Crippen molar-refractivity contribution >= 4 is 17.8 Å². The molecule has 11 heteroatoms. The Morgan fingerprint density at radius 3 is 2.52 bits per heavy atom. The van der Waals surface area contributed by atoms with Crippen molar-refractivity contribution in [3.05, 3.63) is 84.1 Å². The number of aliphatic hydroxyl groups excluding tert-OH is 1. The quantitative estimate of drug-likeness (QED) is 0.213. The number of aryl methyl sites for hydroxylation is 1. The first-order valence-electron chi connectivity index (χ1n) is 16.2. The van der Waals surface area contributed by atoms with E-state index in [2.05, 4.69) is 26.8 Å². The number of aromatic nitrogens is 5. The van der Waals surface area contributed by atoms with Crippen LogP contribution in [0, 0.1) is 11.3 Å². The predicted octanol–water partition coefficient (Wildman–Crippen LogP) is 5.69. The highest BCUT2D eigenvalue weighted by Crippen LogP contribution is 2.34. The van der Waals surface area contributed by atoms with Gasteiger partial charge in [0.05, 0.1) is 29.8 Å². The van der Waals surface area contributed by atoms with Crippen LogP contribution in [0.2, 0.25) is 0 Å². The van der Waals surface area contributed by atoms with Gasteiger partial charge in [-0.2, -0.15) is 10.4 Å². The Labute approximate surface area is 269 Å². The van der Waals surface area contributed by atoms with E-state index in [9.17, 15) is 15.2 Å². The summed E-state index contributed by atoms with van der Waals surface area (Å²) in [4.78, 5) is 29.6. The highest BCUT2D eigenvalue weighted by Gasteiger charge is 2.31. The molecule has 3 aromatic heterocycles. The summed E-state index contributed by atoms with van der Waals surface area (Å²) in [5.74, 6) is 1.29. The van der Waals surface area contributed by atoms with Crippen molar-refractivity contribution in [3.63, 3.8) is 0 Å². The van der Waals surface area contributed by atoms with Crippen LogP contribution in [0.5, 0.6) is 0 Å². The van der Waals surface area contributed by atoms with Crippen LogP contribution in [0.3, 0.4) is 0 Å². The molecule has 0 aliphatic heterocycles. The molecule has 3 N–H and O–H groups in total. The Balaban J connectivity index is 1.14. The van der Waals surface area contributed by atoms with E-state index in [0.29, 0.717) is 23.9 Å². The lowest BCUT2D eigenvalue weighted by Crippen LogP contribution is -2.49. The number of urea groups is 1. The van der Waals surface area contributed by atoms with Crippen LogP contribution >= 0.6 is 0 Å². The SMILES string of the molecule is Cn1cc(-c2ccc(N(C(=O)NCc3ccccc3)[C@H]3CC[C@H](Nc4ncc(C#N)c(C5CCCC(O)CC5)n4)CC3)nc2)cn1. The number of carbonyl (C=O) groups is 1. The second-order valence-electron chi connectivity index (χ2n) is 12.4. The minimum atomic E-state index is -0.278. The third-order valence-electron chi connectivity index (χ3n) is 9.20. The lowest BCUT2D eigenvalue weighted by atomic mass is 9.90. The predicted molar refractivity (Wildman–Crippen MR) is 176 cm³/mol. The van der Waals surface area contributed by atoms with E-state index < -0.39 is 0 Å². The van der Waals surface area contributed by atoms with Crippen LogP contribution in [0.1, 0.15) is 80.5 Å². The van der Waals surface area contributed by atoms with Gasteiger partial charge in [-0.1, -0.05) is 36.8 Å². The second kappa shape index (κ2) is 14.5. The van der Waals surface area contributed by atoms with Gasteiger partial charge in [0.15, 0.2) is 0 Å². The molecule has 2 fully saturated rings. The van der Waals surface area contributed by atoms with Gasteiger partial charge in [-0.15, -0.1) is 0 Å². The summed E-state index contributed by atoms with van der Waals surface area (Å²) in [6.45, 7) is 0.430. The van der Waals surface area contributed by atoms with E-state index in [-0.39, 0.29) is 30.1 Å². The average Bonchev–Trinajstić information content (AvgIpc) is 3.41. The molecular weight excluding hydrogens is 578 g/mol. The lowest BCUT2D eigenvalue weighted by molar-refractivity contribution is 0.157. The molecule has 4 aromatic rings. The minimum Gasteiger partial charge on any atom is -0.393 e. The smallest absolute Gasteiger partial charge is 0.323 e. The lowest BCUT2D eigenvalue weighted by Gasteiger charge is -2.36. The molecule has 2 atom stereocenters. The number of amides is 2. The fourth-order valence-electron chi connectivity index (χ4n) is 6.66. The second-order valence-corrected chi connectivity index (χ2v) is 12.4. The number of aliphatic hydroxyl groups is 1. The van der Waals surface area contributed by atoms with Gasteiger partial charge in [0.2, 0.25) is 5.95 Å². The molecular formula is C35H41N9O2. The van der Waals surface area contributed by atoms with Crippen molar-refractivity contribution in [1.82, 2.24) is 30.0 Å². The van der Waals surface area contributed by atoms with Crippen LogP contribution in [0.4, 0.5) is 16.6 Å². The maximum atomic E-state index is 13.7. The number of hydrogen-bond acceptors (Lipinski definition) is 8. The molecule has 3 heterocycles. The van der Waals surface area contributed by atoms with Crippen molar-refractivity contribution in [3.8, 4) is 17.2 Å². The van der Waals surface area contributed by atoms with Crippen molar-refractivity contribution in [2.75, 3.05) is 10.2 Å². The van der Waals surface area contributed by atoms with E-state index in [1.807, 2.05) is 60.6 Å². The number of nitrogens with one attached hydrogen (secondary N) is 2. The van der Waals surface area contributed by atoms with Gasteiger partial charge >= 0.3 is 6.03 Å². The van der Waals surface area contributed by atoms with Gasteiger partial charge in [0, 0.05) is 55.1 Å². The number of nitrogens with zero attached hydrogens (tertiary/aromatic N) is 7. The molecule has 0 saturated heterocycles. The molecule has 2 saturated carbocycles. The van der Waals surface area contributed by atoms with Crippen LogP contribution < -0.4 is 15.5 Å². The Kier molecular flexibility index (Phi) is 9.84. The monoisotopic (exact) mass is 619 g/mol. The number of benzene rings is 1. The molecule has 0 spiro atoms. The van der Waals surface area contributed by atoms with Crippen LogP contribution in [0.15, 0.2) is 67.3 Å². The molecule has 2 amide bonds. The van der Waals surface area contributed by atoms with Gasteiger partial charge in [0.25, 0.3) is 0 Å². The standard InChI is InChI=1S/C35H41N9O2/c1-43-23-28(22-40-43)26-11-17-32(37-20-26)44(35(46)39-19-24-6-3-2-4-7-24)30-14-12-29(13-15-30)41-34-38-21-27(18-36)33(42-34)25-8-5-9-31(45)16-10-25/h2-4,6-7,11,17,20-23,25,29-31,45H,5,8-10,12-16,19H2,1H3,(H,39,46)(H,38,41,42)/t25?,29-,30-,31?. The van der Waals surface area contributed by atoms with Gasteiger partial charge in [0.1, 0.15) is 11.9 Å². The number of anilines is 2. The van der Waals surface area contributed by atoms with E-state index in [1.54, 1.807) is 23.3 Å². The number of carbonyl (C=O) groups excluding carboxylic acids is 1. The largest absolute Gasteiger partial charge is 0.393 e. The summed E-state index contributed by atoms with van der Waals surface area (Å²) in [6.07, 6.45) is 14.3. The van der Waals surface area contributed by atoms with E-state index in [0.717, 1.165) is 80.2 Å². The fraction of sp³-hybridized carbons (Fsp3) is 0.429. The molecule has 46 heavy (non-hydrogen) atoms. The topological polar surface area (TPSA) is 145 Å². The zero-order valence-corrected chi connectivity index (χ0v) is 26.2. The van der Waals surface area contributed by atoms with Gasteiger partial charge in [-0.3, -0.25) is 9.58 Å². The van der Waals surface area contributed by atoms with E-state index in [1.165, 1.54) is 0 Å². The third kappa shape index (κ3) is 7.51. The highest BCUT2D eigenvalue weighted by atomic mass is 16.3. The Bertz CT molecular complexity index is 1640. The Morgan fingerprint density at radius 2 is 1.80 bits per heavy atom. The van der Waals surface area contributed by atoms with E-state index in [4.69, 9.17) is 9.97 Å². The number of pyridine rings is 1. The molecule has 2 unspecified atom stereocenters. The van der Waals surface area contributed by atoms with Crippen LogP contribution in [-0.4, -0.2) is 54.1 Å². The van der Waals surface area contributed by atoms with Crippen LogP contribution in [-0.2, 0) is 13.6 Å². The van der Waals surface area contributed by atoms with Crippen molar-refractivity contribution in [1.29, 1.82) is 5.26 Å². The maximum absolute atomic E-state index is 13.7. The van der Waals surface area contributed by atoms with Crippen molar-refractivity contribution in [2.24, 2.45) is 7.05 Å². The number of rotatable bonds is 8.